The fourth-order valence-electron chi connectivity index (χ4n) is 2.99. The smallest absolute Gasteiger partial charge is 0.435 e. The SMILES string of the molecule is CCOC(=O)OC1=C(C)N=C(C)C(OC(=O)OCC)C1c1ccccc1[N+](=O)[O-]. The Labute approximate surface area is 167 Å². The van der Waals surface area contributed by atoms with Gasteiger partial charge in [-0.2, -0.15) is 0 Å². The minimum Gasteiger partial charge on any atom is -0.435 e. The summed E-state index contributed by atoms with van der Waals surface area (Å²) in [6, 6.07) is 5.93. The van der Waals surface area contributed by atoms with E-state index in [2.05, 4.69) is 4.99 Å². The van der Waals surface area contributed by atoms with Gasteiger partial charge in [-0.25, -0.2) is 9.59 Å². The van der Waals surface area contributed by atoms with Gasteiger partial charge in [0.25, 0.3) is 5.69 Å². The van der Waals surface area contributed by atoms with Gasteiger partial charge in [0.15, 0.2) is 6.10 Å². The zero-order chi connectivity index (χ0) is 21.6. The van der Waals surface area contributed by atoms with Gasteiger partial charge in [-0.3, -0.25) is 15.1 Å². The number of allylic oxidation sites excluding steroid dienone is 1. The van der Waals surface area contributed by atoms with Crippen LogP contribution in [-0.4, -0.2) is 42.3 Å². The van der Waals surface area contributed by atoms with Crippen molar-refractivity contribution in [1.82, 2.24) is 0 Å². The van der Waals surface area contributed by atoms with Crippen LogP contribution in [0.3, 0.4) is 0 Å². The number of ether oxygens (including phenoxy) is 4. The molecule has 2 unspecified atom stereocenters. The van der Waals surface area contributed by atoms with Crippen molar-refractivity contribution in [2.45, 2.75) is 39.7 Å². The van der Waals surface area contributed by atoms with Gasteiger partial charge in [0, 0.05) is 11.6 Å². The minimum absolute atomic E-state index is 0.00218. The largest absolute Gasteiger partial charge is 0.513 e. The summed E-state index contributed by atoms with van der Waals surface area (Å²) >= 11 is 0. The summed E-state index contributed by atoms with van der Waals surface area (Å²) in [5, 5.41) is 11.6. The third-order valence-corrected chi connectivity index (χ3v) is 4.11. The molecule has 156 valence electrons. The maximum atomic E-state index is 12.0. The van der Waals surface area contributed by atoms with E-state index in [1.54, 1.807) is 33.8 Å². The van der Waals surface area contributed by atoms with E-state index < -0.39 is 29.3 Å². The monoisotopic (exact) mass is 406 g/mol. The van der Waals surface area contributed by atoms with E-state index in [1.165, 1.54) is 18.2 Å². The number of nitro groups is 1. The van der Waals surface area contributed by atoms with E-state index >= 15 is 0 Å². The molecule has 1 aromatic carbocycles. The van der Waals surface area contributed by atoms with Crippen molar-refractivity contribution in [3.63, 3.8) is 0 Å². The van der Waals surface area contributed by atoms with Gasteiger partial charge in [-0.1, -0.05) is 18.2 Å². The van der Waals surface area contributed by atoms with Crippen molar-refractivity contribution in [2.24, 2.45) is 4.99 Å². The van der Waals surface area contributed by atoms with E-state index in [-0.39, 0.29) is 30.2 Å². The highest BCUT2D eigenvalue weighted by atomic mass is 16.7. The standard InChI is InChI=1S/C19H22N2O8/c1-5-26-18(22)28-16-11(3)20-12(4)17(29-19(23)27-6-2)15(16)13-9-7-8-10-14(13)21(24)25/h7-10,15-16H,5-6H2,1-4H3. The van der Waals surface area contributed by atoms with Crippen molar-refractivity contribution in [2.75, 3.05) is 13.2 Å². The van der Waals surface area contributed by atoms with Crippen LogP contribution in [0.1, 0.15) is 39.2 Å². The van der Waals surface area contributed by atoms with Crippen molar-refractivity contribution < 1.29 is 33.5 Å². The van der Waals surface area contributed by atoms with Gasteiger partial charge < -0.3 is 18.9 Å². The fourth-order valence-corrected chi connectivity index (χ4v) is 2.99. The summed E-state index contributed by atoms with van der Waals surface area (Å²) in [6.07, 6.45) is -3.04. The Bertz CT molecular complexity index is 862. The normalized spacial score (nSPS) is 18.6. The van der Waals surface area contributed by atoms with E-state index in [0.717, 1.165) is 0 Å². The number of benzene rings is 1. The molecule has 0 saturated carbocycles. The topological polar surface area (TPSA) is 127 Å². The summed E-state index contributed by atoms with van der Waals surface area (Å²) < 4.78 is 20.4. The van der Waals surface area contributed by atoms with Gasteiger partial charge in [0.1, 0.15) is 5.76 Å². The highest BCUT2D eigenvalue weighted by Crippen LogP contribution is 2.41. The Hall–Kier alpha value is -3.43. The van der Waals surface area contributed by atoms with Crippen LogP contribution in [0.25, 0.3) is 0 Å². The molecule has 0 aromatic heterocycles. The van der Waals surface area contributed by atoms with Crippen LogP contribution in [0.15, 0.2) is 40.7 Å². The Morgan fingerprint density at radius 2 is 1.72 bits per heavy atom. The number of hydrogen-bond acceptors (Lipinski definition) is 9. The number of carbonyl (C=O) groups is 2. The lowest BCUT2D eigenvalue weighted by atomic mass is 9.85. The van der Waals surface area contributed by atoms with Crippen LogP contribution in [0.2, 0.25) is 0 Å². The summed E-state index contributed by atoms with van der Waals surface area (Å²) in [4.78, 5) is 39.3. The van der Waals surface area contributed by atoms with E-state index in [0.29, 0.717) is 11.4 Å². The lowest BCUT2D eigenvalue weighted by Gasteiger charge is -2.31. The van der Waals surface area contributed by atoms with Gasteiger partial charge in [-0.15, -0.1) is 0 Å². The van der Waals surface area contributed by atoms with E-state index in [4.69, 9.17) is 18.9 Å². The molecule has 10 heteroatoms. The average Bonchev–Trinajstić information content (AvgIpc) is 2.66. The molecule has 0 radical (unpaired) electrons. The quantitative estimate of drug-likeness (QED) is 0.392. The Balaban J connectivity index is 2.60. The molecule has 29 heavy (non-hydrogen) atoms. The average molecular weight is 406 g/mol. The highest BCUT2D eigenvalue weighted by molar-refractivity contribution is 5.91. The molecular weight excluding hydrogens is 384 g/mol. The van der Waals surface area contributed by atoms with Crippen LogP contribution in [0.4, 0.5) is 15.3 Å². The van der Waals surface area contributed by atoms with Crippen LogP contribution in [-0.2, 0) is 18.9 Å². The summed E-state index contributed by atoms with van der Waals surface area (Å²) in [6.45, 7) is 6.57. The predicted octanol–water partition coefficient (Wildman–Crippen LogP) is 4.10. The first-order chi connectivity index (χ1) is 13.8. The number of carbonyl (C=O) groups excluding carboxylic acids is 2. The highest BCUT2D eigenvalue weighted by Gasteiger charge is 2.42. The molecule has 1 aliphatic heterocycles. The molecule has 0 fully saturated rings. The second-order valence-electron chi connectivity index (χ2n) is 6.00. The number of nitrogens with zero attached hydrogens (tertiary/aromatic N) is 2. The van der Waals surface area contributed by atoms with Crippen LogP contribution >= 0.6 is 0 Å². The number of para-hydroxylation sites is 1. The van der Waals surface area contributed by atoms with Crippen LogP contribution < -0.4 is 0 Å². The lowest BCUT2D eigenvalue weighted by molar-refractivity contribution is -0.385. The van der Waals surface area contributed by atoms with Gasteiger partial charge >= 0.3 is 12.3 Å². The molecule has 0 saturated heterocycles. The maximum Gasteiger partial charge on any atom is 0.513 e. The molecule has 1 aromatic rings. The summed E-state index contributed by atoms with van der Waals surface area (Å²) in [5.41, 5.74) is 0.652. The van der Waals surface area contributed by atoms with E-state index in [9.17, 15) is 19.7 Å². The van der Waals surface area contributed by atoms with Crippen molar-refractivity contribution >= 4 is 23.7 Å². The first-order valence-corrected chi connectivity index (χ1v) is 8.97. The maximum absolute atomic E-state index is 12.0. The number of nitro benzene ring substituents is 1. The third-order valence-electron chi connectivity index (χ3n) is 4.11. The summed E-state index contributed by atoms with van der Waals surface area (Å²) in [7, 11) is 0. The van der Waals surface area contributed by atoms with Gasteiger partial charge in [0.2, 0.25) is 0 Å². The van der Waals surface area contributed by atoms with E-state index in [1.807, 2.05) is 0 Å². The Kier molecular flexibility index (Phi) is 7.29. The second-order valence-corrected chi connectivity index (χ2v) is 6.00. The fraction of sp³-hybridized carbons (Fsp3) is 0.421. The Morgan fingerprint density at radius 1 is 1.10 bits per heavy atom. The lowest BCUT2D eigenvalue weighted by Crippen LogP contribution is -2.37. The Morgan fingerprint density at radius 3 is 2.34 bits per heavy atom. The molecule has 0 aliphatic carbocycles. The molecule has 0 bridgehead atoms. The molecule has 0 N–H and O–H groups in total. The molecule has 0 spiro atoms. The number of rotatable bonds is 6. The molecule has 10 nitrogen and oxygen atoms in total. The first-order valence-electron chi connectivity index (χ1n) is 8.97. The first kappa shape index (κ1) is 21.9. The third kappa shape index (κ3) is 5.09. The molecular formula is C19H22N2O8. The van der Waals surface area contributed by atoms with Crippen molar-refractivity contribution in [3.05, 3.63) is 51.4 Å². The predicted molar refractivity (Wildman–Crippen MR) is 102 cm³/mol. The summed E-state index contributed by atoms with van der Waals surface area (Å²) in [5.74, 6) is -0.999. The molecule has 2 rings (SSSR count). The molecule has 0 amide bonds. The molecule has 2 atom stereocenters. The van der Waals surface area contributed by atoms with Crippen LogP contribution in [0, 0.1) is 10.1 Å². The van der Waals surface area contributed by atoms with Gasteiger partial charge in [0.05, 0.1) is 35.5 Å². The zero-order valence-corrected chi connectivity index (χ0v) is 16.5. The zero-order valence-electron chi connectivity index (χ0n) is 16.5. The number of aliphatic imine (C=N–C) groups is 1. The molecule has 1 aliphatic rings. The van der Waals surface area contributed by atoms with Crippen LogP contribution in [0.5, 0.6) is 0 Å². The minimum atomic E-state index is -1.08. The molecule has 1 heterocycles. The second kappa shape index (κ2) is 9.67. The van der Waals surface area contributed by atoms with Crippen molar-refractivity contribution in [1.29, 1.82) is 0 Å². The van der Waals surface area contributed by atoms with Crippen molar-refractivity contribution in [3.8, 4) is 0 Å². The van der Waals surface area contributed by atoms with Gasteiger partial charge in [-0.05, 0) is 27.7 Å². The number of hydrogen-bond donors (Lipinski definition) is 0.